The number of ketones is 1. The van der Waals surface area contributed by atoms with Gasteiger partial charge in [0.25, 0.3) is 0 Å². The first kappa shape index (κ1) is 8.30. The maximum Gasteiger partial charge on any atom is 0.169 e. The fourth-order valence-corrected chi connectivity index (χ4v) is 1.87. The summed E-state index contributed by atoms with van der Waals surface area (Å²) in [5.41, 5.74) is 1.93. The molecule has 1 aliphatic heterocycles. The van der Waals surface area contributed by atoms with Crippen LogP contribution >= 0.6 is 0 Å². The van der Waals surface area contributed by atoms with Crippen LogP contribution < -0.4 is 4.90 Å². The number of Topliss-reactive ketones (excluding diaryl/α,β-unsaturated/α-hetero) is 1. The molecular formula is C11H13NO. The number of hydrogen-bond donors (Lipinski definition) is 0. The zero-order chi connectivity index (χ0) is 9.42. The summed E-state index contributed by atoms with van der Waals surface area (Å²) in [6.45, 7) is 2.81. The molecule has 13 heavy (non-hydrogen) atoms. The van der Waals surface area contributed by atoms with Crippen LogP contribution in [0.2, 0.25) is 0 Å². The zero-order valence-corrected chi connectivity index (χ0v) is 7.95. The molecule has 68 valence electrons. The highest BCUT2D eigenvalue weighted by Crippen LogP contribution is 2.27. The van der Waals surface area contributed by atoms with Crippen LogP contribution in [-0.2, 0) is 0 Å². The highest BCUT2D eigenvalue weighted by atomic mass is 16.1. The van der Waals surface area contributed by atoms with E-state index in [4.69, 9.17) is 0 Å². The van der Waals surface area contributed by atoms with Crippen LogP contribution in [0.3, 0.4) is 0 Å². The molecule has 0 radical (unpaired) electrons. The fraction of sp³-hybridized carbons (Fsp3) is 0.364. The highest BCUT2D eigenvalue weighted by molar-refractivity contribution is 6.04. The van der Waals surface area contributed by atoms with E-state index in [2.05, 4.69) is 4.90 Å². The predicted molar refractivity (Wildman–Crippen MR) is 53.2 cm³/mol. The van der Waals surface area contributed by atoms with E-state index in [1.54, 1.807) is 0 Å². The van der Waals surface area contributed by atoms with E-state index < -0.39 is 0 Å². The van der Waals surface area contributed by atoms with Gasteiger partial charge in [-0.05, 0) is 12.1 Å². The summed E-state index contributed by atoms with van der Waals surface area (Å²) in [5.74, 6) is 0.397. The van der Waals surface area contributed by atoms with Crippen LogP contribution in [0.4, 0.5) is 5.69 Å². The molecule has 0 saturated carbocycles. The molecule has 0 aliphatic carbocycles. The molecule has 1 aromatic rings. The van der Waals surface area contributed by atoms with Crippen molar-refractivity contribution in [3.63, 3.8) is 0 Å². The Balaban J connectivity index is 2.54. The molecule has 2 nitrogen and oxygen atoms in total. The summed E-state index contributed by atoms with van der Waals surface area (Å²) in [6, 6.07) is 7.80. The van der Waals surface area contributed by atoms with Gasteiger partial charge in [-0.1, -0.05) is 19.1 Å². The standard InChI is InChI=1S/C11H13NO/c1-8-7-12(2)10-6-4-3-5-9(10)11(8)13/h3-6,8H,7H2,1-2H3. The molecule has 0 aromatic heterocycles. The summed E-state index contributed by atoms with van der Waals surface area (Å²) in [5, 5.41) is 0. The van der Waals surface area contributed by atoms with Crippen molar-refractivity contribution in [2.75, 3.05) is 18.5 Å². The number of carbonyl (C=O) groups excluding carboxylic acids is 1. The van der Waals surface area contributed by atoms with E-state index in [1.165, 1.54) is 0 Å². The van der Waals surface area contributed by atoms with Gasteiger partial charge in [-0.25, -0.2) is 0 Å². The van der Waals surface area contributed by atoms with Crippen LogP contribution in [-0.4, -0.2) is 19.4 Å². The maximum atomic E-state index is 11.7. The van der Waals surface area contributed by atoms with Crippen LogP contribution in [0.5, 0.6) is 0 Å². The van der Waals surface area contributed by atoms with Crippen molar-refractivity contribution in [3.8, 4) is 0 Å². The Bertz CT molecular complexity index is 346. The maximum absolute atomic E-state index is 11.7. The minimum absolute atomic E-state index is 0.125. The second-order valence-corrected chi connectivity index (χ2v) is 3.66. The summed E-state index contributed by atoms with van der Waals surface area (Å²) < 4.78 is 0. The molecule has 0 N–H and O–H groups in total. The first-order chi connectivity index (χ1) is 6.20. The third-order valence-electron chi connectivity index (χ3n) is 2.58. The minimum atomic E-state index is 0.125. The topological polar surface area (TPSA) is 20.3 Å². The van der Waals surface area contributed by atoms with Gasteiger partial charge in [0.05, 0.1) is 0 Å². The van der Waals surface area contributed by atoms with Crippen molar-refractivity contribution in [2.24, 2.45) is 5.92 Å². The third-order valence-corrected chi connectivity index (χ3v) is 2.58. The molecule has 2 rings (SSSR count). The van der Waals surface area contributed by atoms with Gasteiger partial charge >= 0.3 is 0 Å². The zero-order valence-electron chi connectivity index (χ0n) is 7.95. The lowest BCUT2D eigenvalue weighted by Gasteiger charge is -2.30. The van der Waals surface area contributed by atoms with Gasteiger partial charge in [-0.2, -0.15) is 0 Å². The number of anilines is 1. The lowest BCUT2D eigenvalue weighted by molar-refractivity contribution is 0.0927. The Morgan fingerprint density at radius 1 is 1.38 bits per heavy atom. The van der Waals surface area contributed by atoms with Crippen molar-refractivity contribution >= 4 is 11.5 Å². The van der Waals surface area contributed by atoms with E-state index >= 15 is 0 Å². The fourth-order valence-electron chi connectivity index (χ4n) is 1.87. The highest BCUT2D eigenvalue weighted by Gasteiger charge is 2.26. The summed E-state index contributed by atoms with van der Waals surface area (Å²) >= 11 is 0. The molecular weight excluding hydrogens is 162 g/mol. The number of carbonyl (C=O) groups is 1. The Kier molecular flexibility index (Phi) is 1.83. The molecule has 0 amide bonds. The lowest BCUT2D eigenvalue weighted by Crippen LogP contribution is -2.34. The van der Waals surface area contributed by atoms with Crippen molar-refractivity contribution in [3.05, 3.63) is 29.8 Å². The SMILES string of the molecule is CC1CN(C)c2ccccc2C1=O. The average Bonchev–Trinajstić information content (AvgIpc) is 2.15. The van der Waals surface area contributed by atoms with Crippen molar-refractivity contribution in [1.29, 1.82) is 0 Å². The normalized spacial score (nSPS) is 21.5. The number of rotatable bonds is 0. The molecule has 1 atom stereocenters. The molecule has 0 bridgehead atoms. The van der Waals surface area contributed by atoms with Crippen LogP contribution in [0, 0.1) is 5.92 Å². The second-order valence-electron chi connectivity index (χ2n) is 3.66. The summed E-state index contributed by atoms with van der Waals surface area (Å²) in [6.07, 6.45) is 0. The molecule has 0 spiro atoms. The summed E-state index contributed by atoms with van der Waals surface area (Å²) in [4.78, 5) is 13.9. The first-order valence-corrected chi connectivity index (χ1v) is 4.54. The van der Waals surface area contributed by atoms with Crippen molar-refractivity contribution < 1.29 is 4.79 Å². The largest absolute Gasteiger partial charge is 0.373 e. The van der Waals surface area contributed by atoms with Gasteiger partial charge in [0.15, 0.2) is 5.78 Å². The van der Waals surface area contributed by atoms with Crippen molar-refractivity contribution in [1.82, 2.24) is 0 Å². The minimum Gasteiger partial charge on any atom is -0.373 e. The molecule has 1 unspecified atom stereocenters. The first-order valence-electron chi connectivity index (χ1n) is 4.54. The van der Waals surface area contributed by atoms with Gasteiger partial charge < -0.3 is 4.90 Å². The van der Waals surface area contributed by atoms with Crippen LogP contribution in [0.1, 0.15) is 17.3 Å². The Morgan fingerprint density at radius 3 is 2.85 bits per heavy atom. The van der Waals surface area contributed by atoms with Gasteiger partial charge in [0.2, 0.25) is 0 Å². The molecule has 1 aromatic carbocycles. The van der Waals surface area contributed by atoms with Gasteiger partial charge in [0, 0.05) is 30.8 Å². The van der Waals surface area contributed by atoms with Crippen molar-refractivity contribution in [2.45, 2.75) is 6.92 Å². The number of para-hydroxylation sites is 1. The molecule has 0 fully saturated rings. The van der Waals surface area contributed by atoms with E-state index in [0.29, 0.717) is 0 Å². The molecule has 2 heteroatoms. The Hall–Kier alpha value is -1.31. The Morgan fingerprint density at radius 2 is 2.08 bits per heavy atom. The van der Waals surface area contributed by atoms with Gasteiger partial charge in [-0.15, -0.1) is 0 Å². The van der Waals surface area contributed by atoms with E-state index in [9.17, 15) is 4.79 Å². The number of hydrogen-bond acceptors (Lipinski definition) is 2. The molecule has 1 aliphatic rings. The van der Waals surface area contributed by atoms with E-state index in [-0.39, 0.29) is 11.7 Å². The quantitative estimate of drug-likeness (QED) is 0.600. The Labute approximate surface area is 78.2 Å². The number of fused-ring (bicyclic) bond motifs is 1. The van der Waals surface area contributed by atoms with E-state index in [1.807, 2.05) is 38.2 Å². The van der Waals surface area contributed by atoms with Crippen LogP contribution in [0.25, 0.3) is 0 Å². The lowest BCUT2D eigenvalue weighted by atomic mass is 9.93. The monoisotopic (exact) mass is 175 g/mol. The molecule has 1 heterocycles. The van der Waals surface area contributed by atoms with E-state index in [0.717, 1.165) is 17.8 Å². The summed E-state index contributed by atoms with van der Waals surface area (Å²) in [7, 11) is 2.03. The third kappa shape index (κ3) is 1.22. The molecule has 0 saturated heterocycles. The van der Waals surface area contributed by atoms with Gasteiger partial charge in [-0.3, -0.25) is 4.79 Å². The van der Waals surface area contributed by atoms with Crippen LogP contribution in [0.15, 0.2) is 24.3 Å². The smallest absolute Gasteiger partial charge is 0.169 e. The average molecular weight is 175 g/mol. The second kappa shape index (κ2) is 2.87. The number of benzene rings is 1. The predicted octanol–water partition coefficient (Wildman–Crippen LogP) is 1.96. The number of nitrogens with zero attached hydrogens (tertiary/aromatic N) is 1. The van der Waals surface area contributed by atoms with Gasteiger partial charge in [0.1, 0.15) is 0 Å².